The van der Waals surface area contributed by atoms with E-state index in [0.717, 1.165) is 22.1 Å². The Morgan fingerprint density at radius 3 is 2.84 bits per heavy atom. The molecule has 1 N–H and O–H groups in total. The molecule has 0 unspecified atom stereocenters. The Bertz CT molecular complexity index is 741. The molecule has 0 radical (unpaired) electrons. The standard InChI is InChI=1S/C12H11N5S2/c1-8-14-10(7-19-8)6-17-11(15-16-12(17)18)9-2-4-13-5-3-9/h2-5,7H,6H2,1H3,(H,16,18). The van der Waals surface area contributed by atoms with E-state index >= 15 is 0 Å². The fraction of sp³-hybridized carbons (Fsp3) is 0.167. The first-order valence-electron chi connectivity index (χ1n) is 5.70. The maximum Gasteiger partial charge on any atom is 0.195 e. The zero-order valence-corrected chi connectivity index (χ0v) is 11.8. The van der Waals surface area contributed by atoms with Crippen molar-refractivity contribution in [3.63, 3.8) is 0 Å². The summed E-state index contributed by atoms with van der Waals surface area (Å²) >= 11 is 6.92. The van der Waals surface area contributed by atoms with Gasteiger partial charge in [-0.25, -0.2) is 4.98 Å². The lowest BCUT2D eigenvalue weighted by atomic mass is 10.2. The summed E-state index contributed by atoms with van der Waals surface area (Å²) in [6, 6.07) is 3.82. The molecule has 0 aliphatic carbocycles. The maximum atomic E-state index is 5.28. The van der Waals surface area contributed by atoms with Gasteiger partial charge in [-0.05, 0) is 31.3 Å². The van der Waals surface area contributed by atoms with Crippen LogP contribution >= 0.6 is 23.6 Å². The molecule has 0 atom stereocenters. The first-order chi connectivity index (χ1) is 9.24. The molecule has 0 fully saturated rings. The van der Waals surface area contributed by atoms with Crippen molar-refractivity contribution in [1.82, 2.24) is 24.7 Å². The minimum absolute atomic E-state index is 0.595. The number of pyridine rings is 1. The van der Waals surface area contributed by atoms with Crippen molar-refractivity contribution < 1.29 is 0 Å². The van der Waals surface area contributed by atoms with Gasteiger partial charge < -0.3 is 0 Å². The van der Waals surface area contributed by atoms with Gasteiger partial charge in [0.1, 0.15) is 0 Å². The highest BCUT2D eigenvalue weighted by molar-refractivity contribution is 7.71. The van der Waals surface area contributed by atoms with Crippen LogP contribution in [0.3, 0.4) is 0 Å². The Kier molecular flexibility index (Phi) is 3.22. The molecule has 0 saturated carbocycles. The number of H-pyrrole nitrogens is 1. The maximum absolute atomic E-state index is 5.28. The number of aromatic nitrogens is 5. The highest BCUT2D eigenvalue weighted by atomic mass is 32.1. The van der Waals surface area contributed by atoms with Crippen LogP contribution in [0.2, 0.25) is 0 Å². The molecule has 0 amide bonds. The molecular formula is C12H11N5S2. The van der Waals surface area contributed by atoms with E-state index in [1.54, 1.807) is 23.7 Å². The first kappa shape index (κ1) is 12.2. The van der Waals surface area contributed by atoms with Crippen molar-refractivity contribution >= 4 is 23.6 Å². The fourth-order valence-corrected chi connectivity index (χ4v) is 2.63. The number of hydrogen-bond acceptors (Lipinski definition) is 5. The van der Waals surface area contributed by atoms with Crippen molar-refractivity contribution in [2.45, 2.75) is 13.5 Å². The van der Waals surface area contributed by atoms with Crippen LogP contribution in [0.4, 0.5) is 0 Å². The van der Waals surface area contributed by atoms with Crippen LogP contribution in [0, 0.1) is 11.7 Å². The van der Waals surface area contributed by atoms with Gasteiger partial charge in [0.15, 0.2) is 10.6 Å². The van der Waals surface area contributed by atoms with E-state index in [0.29, 0.717) is 11.3 Å². The van der Waals surface area contributed by atoms with Crippen LogP contribution in [0.25, 0.3) is 11.4 Å². The Balaban J connectivity index is 2.02. The zero-order chi connectivity index (χ0) is 13.2. The predicted octanol–water partition coefficient (Wildman–Crippen LogP) is 2.82. The van der Waals surface area contributed by atoms with E-state index in [1.807, 2.05) is 29.0 Å². The Labute approximate surface area is 119 Å². The number of aryl methyl sites for hydroxylation is 1. The molecule has 0 spiro atoms. The summed E-state index contributed by atoms with van der Waals surface area (Å²) in [4.78, 5) is 8.47. The van der Waals surface area contributed by atoms with Crippen molar-refractivity contribution in [2.24, 2.45) is 0 Å². The van der Waals surface area contributed by atoms with Gasteiger partial charge in [-0.1, -0.05) is 0 Å². The molecule has 3 aromatic rings. The Hall–Kier alpha value is -1.86. The second-order valence-corrected chi connectivity index (χ2v) is 5.48. The van der Waals surface area contributed by atoms with Crippen LogP contribution in [-0.2, 0) is 6.54 Å². The number of thiazole rings is 1. The van der Waals surface area contributed by atoms with Gasteiger partial charge in [-0.2, -0.15) is 5.10 Å². The van der Waals surface area contributed by atoms with E-state index in [-0.39, 0.29) is 0 Å². The molecule has 3 heterocycles. The first-order valence-corrected chi connectivity index (χ1v) is 6.99. The van der Waals surface area contributed by atoms with Gasteiger partial charge in [-0.3, -0.25) is 14.6 Å². The molecule has 96 valence electrons. The van der Waals surface area contributed by atoms with E-state index < -0.39 is 0 Å². The fourth-order valence-electron chi connectivity index (χ4n) is 1.83. The van der Waals surface area contributed by atoms with Gasteiger partial charge in [0.2, 0.25) is 0 Å². The van der Waals surface area contributed by atoms with Crippen molar-refractivity contribution in [1.29, 1.82) is 0 Å². The molecule has 0 bridgehead atoms. The van der Waals surface area contributed by atoms with E-state index in [9.17, 15) is 0 Å². The third kappa shape index (κ3) is 2.47. The molecule has 3 rings (SSSR count). The molecule has 7 heteroatoms. The van der Waals surface area contributed by atoms with Crippen molar-refractivity contribution in [2.75, 3.05) is 0 Å². The zero-order valence-electron chi connectivity index (χ0n) is 10.2. The summed E-state index contributed by atoms with van der Waals surface area (Å²) in [5.41, 5.74) is 1.98. The lowest BCUT2D eigenvalue weighted by Crippen LogP contribution is -2.03. The molecular weight excluding hydrogens is 278 g/mol. The van der Waals surface area contributed by atoms with Crippen molar-refractivity contribution in [3.05, 3.63) is 45.4 Å². The summed E-state index contributed by atoms with van der Waals surface area (Å²) in [7, 11) is 0. The SMILES string of the molecule is Cc1nc(Cn2c(-c3ccncc3)n[nH]c2=S)cs1. The largest absolute Gasteiger partial charge is 0.294 e. The number of hydrogen-bond donors (Lipinski definition) is 1. The summed E-state index contributed by atoms with van der Waals surface area (Å²) < 4.78 is 2.54. The smallest absolute Gasteiger partial charge is 0.195 e. The second-order valence-electron chi connectivity index (χ2n) is 4.03. The molecule has 0 aromatic carbocycles. The molecule has 5 nitrogen and oxygen atoms in total. The lowest BCUT2D eigenvalue weighted by Gasteiger charge is -2.04. The average molecular weight is 289 g/mol. The highest BCUT2D eigenvalue weighted by Crippen LogP contribution is 2.18. The Morgan fingerprint density at radius 2 is 2.16 bits per heavy atom. The monoisotopic (exact) mass is 289 g/mol. The topological polar surface area (TPSA) is 59.4 Å². The van der Waals surface area contributed by atoms with Crippen LogP contribution in [0.1, 0.15) is 10.7 Å². The Morgan fingerprint density at radius 1 is 1.37 bits per heavy atom. The molecule has 0 aliphatic rings. The molecule has 3 aromatic heterocycles. The van der Waals surface area contributed by atoms with Crippen LogP contribution in [0.5, 0.6) is 0 Å². The summed E-state index contributed by atoms with van der Waals surface area (Å²) in [5.74, 6) is 0.804. The van der Waals surface area contributed by atoms with Crippen LogP contribution < -0.4 is 0 Å². The summed E-state index contributed by atoms with van der Waals surface area (Å²) in [5, 5.41) is 10.2. The summed E-state index contributed by atoms with van der Waals surface area (Å²) in [6.07, 6.45) is 3.48. The second kappa shape index (κ2) is 5.02. The van der Waals surface area contributed by atoms with Gasteiger partial charge >= 0.3 is 0 Å². The lowest BCUT2D eigenvalue weighted by molar-refractivity contribution is 0.770. The number of nitrogens with one attached hydrogen (secondary N) is 1. The van der Waals surface area contributed by atoms with Crippen molar-refractivity contribution in [3.8, 4) is 11.4 Å². The van der Waals surface area contributed by atoms with Gasteiger partial charge in [0.25, 0.3) is 0 Å². The third-order valence-electron chi connectivity index (χ3n) is 2.68. The van der Waals surface area contributed by atoms with E-state index in [4.69, 9.17) is 12.2 Å². The van der Waals surface area contributed by atoms with Crippen LogP contribution in [-0.4, -0.2) is 24.7 Å². The molecule has 19 heavy (non-hydrogen) atoms. The number of rotatable bonds is 3. The van der Waals surface area contributed by atoms with Gasteiger partial charge in [-0.15, -0.1) is 11.3 Å². The minimum Gasteiger partial charge on any atom is -0.294 e. The van der Waals surface area contributed by atoms with Crippen LogP contribution in [0.15, 0.2) is 29.9 Å². The van der Waals surface area contributed by atoms with E-state index in [1.165, 1.54) is 0 Å². The number of nitrogens with zero attached hydrogens (tertiary/aromatic N) is 4. The highest BCUT2D eigenvalue weighted by Gasteiger charge is 2.10. The quantitative estimate of drug-likeness (QED) is 0.753. The number of aromatic amines is 1. The predicted molar refractivity (Wildman–Crippen MR) is 76.6 cm³/mol. The summed E-state index contributed by atoms with van der Waals surface area (Å²) in [6.45, 7) is 2.61. The van der Waals surface area contributed by atoms with Gasteiger partial charge in [0.05, 0.1) is 17.2 Å². The van der Waals surface area contributed by atoms with E-state index in [2.05, 4.69) is 20.2 Å². The average Bonchev–Trinajstić information content (AvgIpc) is 2.99. The van der Waals surface area contributed by atoms with Gasteiger partial charge in [0, 0.05) is 23.3 Å². The molecule has 0 aliphatic heterocycles. The third-order valence-corrected chi connectivity index (χ3v) is 3.82. The minimum atomic E-state index is 0.595. The molecule has 0 saturated heterocycles. The normalized spacial score (nSPS) is 10.8.